The number of rotatable bonds is 6. The molecule has 0 amide bonds. The van der Waals surface area contributed by atoms with E-state index in [1.807, 2.05) is 93.8 Å². The summed E-state index contributed by atoms with van der Waals surface area (Å²) < 4.78 is 69.2. The molecule has 2 aliphatic rings. The van der Waals surface area contributed by atoms with E-state index in [1.54, 1.807) is 12.1 Å². The molecular formula is C29H32N2NaO6S2. The minimum absolute atomic E-state index is 0. The van der Waals surface area contributed by atoms with Gasteiger partial charge in [-0.15, -0.1) is 0 Å². The second-order valence-electron chi connectivity index (χ2n) is 10.7. The Morgan fingerprint density at radius 3 is 2.05 bits per heavy atom. The molecule has 0 saturated carbocycles. The zero-order chi connectivity index (χ0) is 29.0. The number of nitrogens with zero attached hydrogens (tertiary/aromatic N) is 2. The molecule has 0 atom stereocenters. The van der Waals surface area contributed by atoms with Crippen LogP contribution in [0.5, 0.6) is 0 Å². The van der Waals surface area contributed by atoms with Gasteiger partial charge in [0.15, 0.2) is 5.71 Å². The molecule has 2 aromatic carbocycles. The molecule has 1 radical (unpaired) electrons. The van der Waals surface area contributed by atoms with Crippen molar-refractivity contribution in [1.29, 1.82) is 0 Å². The summed E-state index contributed by atoms with van der Waals surface area (Å²) in [4.78, 5) is 1.65. The summed E-state index contributed by atoms with van der Waals surface area (Å²) in [6.07, 6.45) is 13.4. The van der Waals surface area contributed by atoms with E-state index in [-0.39, 0.29) is 39.3 Å². The van der Waals surface area contributed by atoms with Crippen molar-refractivity contribution in [1.82, 2.24) is 0 Å². The van der Waals surface area contributed by atoms with E-state index < -0.39 is 31.1 Å². The molecule has 2 aromatic rings. The fraction of sp³-hybridized carbons (Fsp3) is 0.276. The van der Waals surface area contributed by atoms with Gasteiger partial charge in [-0.25, -0.2) is 8.42 Å². The molecule has 8 nitrogen and oxygen atoms in total. The van der Waals surface area contributed by atoms with Gasteiger partial charge in [-0.1, -0.05) is 44.2 Å². The van der Waals surface area contributed by atoms with Crippen LogP contribution in [0.25, 0.3) is 0 Å². The van der Waals surface area contributed by atoms with Crippen LogP contribution >= 0.6 is 0 Å². The number of hydrogen-bond donors (Lipinski definition) is 1. The maximum absolute atomic E-state index is 11.6. The average Bonchev–Trinajstić information content (AvgIpc) is 3.15. The Bertz CT molecular complexity index is 1730. The number of likely N-dealkylation sites (N-methyl/N-ethyl adjacent to an activating group) is 1. The fourth-order valence-corrected chi connectivity index (χ4v) is 6.44. The molecular weight excluding hydrogens is 559 g/mol. The average molecular weight is 592 g/mol. The van der Waals surface area contributed by atoms with Gasteiger partial charge in [0.05, 0.1) is 15.2 Å². The predicted octanol–water partition coefficient (Wildman–Crippen LogP) is 4.44. The molecule has 0 aromatic heterocycles. The van der Waals surface area contributed by atoms with Gasteiger partial charge in [-0.05, 0) is 55.8 Å². The van der Waals surface area contributed by atoms with Gasteiger partial charge in [0.1, 0.15) is 17.2 Å². The van der Waals surface area contributed by atoms with Crippen molar-refractivity contribution in [2.75, 3.05) is 19.0 Å². The molecule has 0 spiro atoms. The van der Waals surface area contributed by atoms with Gasteiger partial charge < -0.3 is 9.45 Å². The third-order valence-electron chi connectivity index (χ3n) is 7.55. The van der Waals surface area contributed by atoms with Crippen molar-refractivity contribution in [2.24, 2.45) is 0 Å². The summed E-state index contributed by atoms with van der Waals surface area (Å²) in [5, 5.41) is 0. The van der Waals surface area contributed by atoms with Crippen LogP contribution in [0.15, 0.2) is 94.4 Å². The van der Waals surface area contributed by atoms with Crippen molar-refractivity contribution >= 4 is 66.9 Å². The van der Waals surface area contributed by atoms with Gasteiger partial charge in [-0.2, -0.15) is 13.0 Å². The Morgan fingerprint density at radius 2 is 1.43 bits per heavy atom. The number of anilines is 1. The molecule has 2 heterocycles. The molecule has 4 rings (SSSR count). The first kappa shape index (κ1) is 32.2. The summed E-state index contributed by atoms with van der Waals surface area (Å²) in [6, 6.07) is 9.09. The molecule has 11 heteroatoms. The van der Waals surface area contributed by atoms with Crippen LogP contribution in [-0.2, 0) is 31.1 Å². The third kappa shape index (κ3) is 5.85. The number of fused-ring (bicyclic) bond motifs is 2. The zero-order valence-corrected chi connectivity index (χ0v) is 27.3. The summed E-state index contributed by atoms with van der Waals surface area (Å²) in [5.41, 5.74) is 4.33. The molecule has 40 heavy (non-hydrogen) atoms. The van der Waals surface area contributed by atoms with Crippen molar-refractivity contribution < 1.29 is 30.5 Å². The Kier molecular flexibility index (Phi) is 8.99. The zero-order valence-electron chi connectivity index (χ0n) is 23.7. The molecule has 0 fully saturated rings. The van der Waals surface area contributed by atoms with E-state index in [9.17, 15) is 25.9 Å². The second kappa shape index (κ2) is 11.2. The molecule has 0 saturated heterocycles. The van der Waals surface area contributed by atoms with Crippen LogP contribution in [0.4, 0.5) is 11.4 Å². The first-order chi connectivity index (χ1) is 18.0. The SMILES string of the molecule is CN1C(=CC=CC=CC=CC2=[N+](C)c3ccc(S(=O)(=O)[O-])cc3C2(C)C)C(C)(C)c2cc(S(=O)(=O)O)ccc21.[Na]. The molecule has 207 valence electrons. The summed E-state index contributed by atoms with van der Waals surface area (Å²) in [5.74, 6) is 0. The first-order valence-corrected chi connectivity index (χ1v) is 15.1. The number of allylic oxidation sites excluding steroid dienone is 8. The molecule has 0 bridgehead atoms. The topological polar surface area (TPSA) is 118 Å². The van der Waals surface area contributed by atoms with Gasteiger partial charge in [0.25, 0.3) is 10.1 Å². The molecule has 1 N–H and O–H groups in total. The van der Waals surface area contributed by atoms with E-state index in [4.69, 9.17) is 0 Å². The number of benzene rings is 2. The standard InChI is InChI=1S/C29H32N2O6S2.Na/c1-28(2)22-18-20(38(32,33)34)14-16-24(22)30(5)26(28)12-10-8-7-9-11-13-27-29(3,4)23-19-21(39(35,36)37)15-17-25(23)31(27)6;/h7-19H,1-6H3,(H-,32,33,34,35,36,37);. The van der Waals surface area contributed by atoms with E-state index in [0.717, 1.165) is 33.9 Å². The molecule has 0 aliphatic carbocycles. The van der Waals surface area contributed by atoms with Crippen molar-refractivity contribution in [3.05, 3.63) is 95.8 Å². The van der Waals surface area contributed by atoms with E-state index in [1.165, 1.54) is 24.3 Å². The smallest absolute Gasteiger partial charge is 0.294 e. The summed E-state index contributed by atoms with van der Waals surface area (Å²) in [6.45, 7) is 7.99. The van der Waals surface area contributed by atoms with Crippen LogP contribution in [-0.4, -0.2) is 79.9 Å². The monoisotopic (exact) mass is 591 g/mol. The minimum atomic E-state index is -4.54. The maximum Gasteiger partial charge on any atom is 0.294 e. The van der Waals surface area contributed by atoms with Crippen molar-refractivity contribution in [3.63, 3.8) is 0 Å². The van der Waals surface area contributed by atoms with Crippen molar-refractivity contribution in [3.8, 4) is 0 Å². The predicted molar refractivity (Wildman–Crippen MR) is 157 cm³/mol. The normalized spacial score (nSPS) is 19.2. The van der Waals surface area contributed by atoms with Crippen molar-refractivity contribution in [2.45, 2.75) is 48.3 Å². The van der Waals surface area contributed by atoms with Gasteiger partial charge in [0, 0.05) is 71.1 Å². The minimum Gasteiger partial charge on any atom is -0.744 e. The van der Waals surface area contributed by atoms with Crippen LogP contribution in [0.3, 0.4) is 0 Å². The van der Waals surface area contributed by atoms with Gasteiger partial charge in [0.2, 0.25) is 5.69 Å². The molecule has 2 aliphatic heterocycles. The van der Waals surface area contributed by atoms with E-state index in [0.29, 0.717) is 0 Å². The quantitative estimate of drug-likeness (QED) is 0.228. The summed E-state index contributed by atoms with van der Waals surface area (Å²) in [7, 11) is -5.00. The Balaban J connectivity index is 0.00000441. The van der Waals surface area contributed by atoms with Crippen LogP contribution in [0.2, 0.25) is 0 Å². The van der Waals surface area contributed by atoms with E-state index in [2.05, 4.69) is 0 Å². The fourth-order valence-electron chi connectivity index (χ4n) is 5.43. The summed E-state index contributed by atoms with van der Waals surface area (Å²) >= 11 is 0. The Morgan fingerprint density at radius 1 is 0.850 bits per heavy atom. The first-order valence-electron chi connectivity index (χ1n) is 12.3. The van der Waals surface area contributed by atoms with Gasteiger partial charge >= 0.3 is 0 Å². The largest absolute Gasteiger partial charge is 0.744 e. The van der Waals surface area contributed by atoms with E-state index >= 15 is 0 Å². The van der Waals surface area contributed by atoms with Crippen LogP contribution in [0, 0.1) is 0 Å². The molecule has 0 unspecified atom stereocenters. The third-order valence-corrected chi connectivity index (χ3v) is 9.23. The second-order valence-corrected chi connectivity index (χ2v) is 13.5. The van der Waals surface area contributed by atoms with Crippen LogP contribution in [0.1, 0.15) is 38.8 Å². The Labute approximate surface area is 258 Å². The van der Waals surface area contributed by atoms with Crippen LogP contribution < -0.4 is 4.90 Å². The number of hydrogen-bond acceptors (Lipinski definition) is 6. The van der Waals surface area contributed by atoms with Gasteiger partial charge in [-0.3, -0.25) is 4.55 Å². The maximum atomic E-state index is 11.6. The Hall–Kier alpha value is -2.31.